The van der Waals surface area contributed by atoms with Gasteiger partial charge in [0.25, 0.3) is 5.91 Å². The van der Waals surface area contributed by atoms with Crippen molar-refractivity contribution in [2.45, 2.75) is 37.4 Å². The predicted octanol–water partition coefficient (Wildman–Crippen LogP) is 2.54. The number of carbonyl (C=O) groups is 2. The standard InChI is InChI=1S/C26H30FN9O4S/c1-25(2,3)40-24(38)34-23-35-26(14-36(12-15(26)13-41-23)22-31-8-16(27)9-32-22)19-7-17(5-6-28-19)33-21(37)18-10-30-20(39-4)11-29-18/h5-11,15,23,35H,12-14H2,1-4H3,(H,34,38)(H,28,33,37). The lowest BCUT2D eigenvalue weighted by atomic mass is 9.84. The molecule has 13 nitrogen and oxygen atoms in total. The molecule has 2 aliphatic rings. The van der Waals surface area contributed by atoms with Crippen molar-refractivity contribution in [3.05, 3.63) is 60.3 Å². The molecule has 3 aromatic rings. The van der Waals surface area contributed by atoms with Gasteiger partial charge in [-0.15, -0.1) is 11.8 Å². The van der Waals surface area contributed by atoms with Crippen LogP contribution in [0.25, 0.3) is 0 Å². The first-order valence-electron chi connectivity index (χ1n) is 12.8. The third-order valence-corrected chi connectivity index (χ3v) is 7.68. The van der Waals surface area contributed by atoms with E-state index in [2.05, 4.69) is 40.9 Å². The highest BCUT2D eigenvalue weighted by molar-refractivity contribution is 7.99. The van der Waals surface area contributed by atoms with Gasteiger partial charge in [0.05, 0.1) is 43.1 Å². The zero-order valence-electron chi connectivity index (χ0n) is 22.9. The van der Waals surface area contributed by atoms with Crippen LogP contribution < -0.4 is 25.6 Å². The average molecular weight is 584 g/mol. The van der Waals surface area contributed by atoms with Crippen LogP contribution in [0.3, 0.4) is 0 Å². The van der Waals surface area contributed by atoms with Gasteiger partial charge in [-0.25, -0.2) is 29.1 Å². The van der Waals surface area contributed by atoms with E-state index in [1.807, 2.05) is 4.90 Å². The molecule has 2 fully saturated rings. The number of halogens is 1. The molecule has 0 radical (unpaired) electrons. The number of methoxy groups -OCH3 is 1. The minimum Gasteiger partial charge on any atom is -0.480 e. The molecule has 2 amide bonds. The Morgan fingerprint density at radius 2 is 1.93 bits per heavy atom. The van der Waals surface area contributed by atoms with Crippen LogP contribution in [0.15, 0.2) is 43.1 Å². The third-order valence-electron chi connectivity index (χ3n) is 6.51. The molecule has 0 spiro atoms. The number of nitrogens with zero attached hydrogens (tertiary/aromatic N) is 6. The Morgan fingerprint density at radius 1 is 1.15 bits per heavy atom. The van der Waals surface area contributed by atoms with Crippen molar-refractivity contribution in [2.24, 2.45) is 5.92 Å². The van der Waals surface area contributed by atoms with Gasteiger partial charge in [-0.3, -0.25) is 20.4 Å². The van der Waals surface area contributed by atoms with Crippen LogP contribution in [0.4, 0.5) is 20.8 Å². The molecule has 0 saturated carbocycles. The quantitative estimate of drug-likeness (QED) is 0.390. The molecule has 41 heavy (non-hydrogen) atoms. The number of alkyl carbamates (subject to hydrolysis) is 1. The van der Waals surface area contributed by atoms with E-state index < -0.39 is 34.5 Å². The normalized spacial score (nSPS) is 22.0. The van der Waals surface area contributed by atoms with Crippen molar-refractivity contribution in [3.63, 3.8) is 0 Å². The molecule has 2 aliphatic heterocycles. The maximum atomic E-state index is 13.5. The number of thioether (sulfide) groups is 1. The molecule has 0 aromatic carbocycles. The van der Waals surface area contributed by atoms with Gasteiger partial charge in [-0.1, -0.05) is 0 Å². The zero-order chi connectivity index (χ0) is 29.2. The molecule has 3 unspecified atom stereocenters. The highest BCUT2D eigenvalue weighted by atomic mass is 32.2. The van der Waals surface area contributed by atoms with E-state index in [1.165, 1.54) is 31.3 Å². The second kappa shape index (κ2) is 11.4. The molecule has 2 saturated heterocycles. The minimum absolute atomic E-state index is 0.00347. The summed E-state index contributed by atoms with van der Waals surface area (Å²) in [6.07, 6.45) is 6.00. The van der Waals surface area contributed by atoms with Gasteiger partial charge >= 0.3 is 6.09 Å². The van der Waals surface area contributed by atoms with E-state index in [0.717, 1.165) is 12.4 Å². The second-order valence-electron chi connectivity index (χ2n) is 10.6. The Kier molecular flexibility index (Phi) is 7.91. The molecule has 5 heterocycles. The van der Waals surface area contributed by atoms with Crippen molar-refractivity contribution in [3.8, 4) is 5.88 Å². The lowest BCUT2D eigenvalue weighted by Gasteiger charge is -2.43. The Hall–Kier alpha value is -4.11. The first-order valence-corrected chi connectivity index (χ1v) is 13.8. The molecule has 15 heteroatoms. The topological polar surface area (TPSA) is 156 Å². The number of rotatable bonds is 6. The number of nitrogens with one attached hydrogen (secondary N) is 3. The molecule has 216 valence electrons. The fourth-order valence-electron chi connectivity index (χ4n) is 4.73. The number of ether oxygens (including phenoxy) is 2. The molecule has 3 atom stereocenters. The smallest absolute Gasteiger partial charge is 0.409 e. The molecular formula is C26H30FN9O4S. The Morgan fingerprint density at radius 3 is 2.61 bits per heavy atom. The van der Waals surface area contributed by atoms with Crippen LogP contribution in [0, 0.1) is 11.7 Å². The Labute approximate surface area is 240 Å². The highest BCUT2D eigenvalue weighted by Crippen LogP contribution is 2.44. The van der Waals surface area contributed by atoms with E-state index in [0.29, 0.717) is 42.1 Å². The summed E-state index contributed by atoms with van der Waals surface area (Å²) in [4.78, 5) is 48.6. The summed E-state index contributed by atoms with van der Waals surface area (Å²) < 4.78 is 24.0. The predicted molar refractivity (Wildman–Crippen MR) is 149 cm³/mol. The fourth-order valence-corrected chi connectivity index (χ4v) is 6.01. The SMILES string of the molecule is COc1cnc(C(=O)Nc2ccnc(C34CN(c5ncc(F)cn5)CC3CSC(NC(=O)OC(C)(C)C)N4)c2)cn1. The summed E-state index contributed by atoms with van der Waals surface area (Å²) in [6.45, 7) is 6.33. The maximum Gasteiger partial charge on any atom is 0.409 e. The van der Waals surface area contributed by atoms with Crippen LogP contribution in [0.5, 0.6) is 5.88 Å². The Bertz CT molecular complexity index is 1410. The summed E-state index contributed by atoms with van der Waals surface area (Å²) in [7, 11) is 1.46. The number of carbonyl (C=O) groups excluding carboxylic acids is 2. The van der Waals surface area contributed by atoms with Gasteiger partial charge in [0.2, 0.25) is 11.8 Å². The maximum absolute atomic E-state index is 13.5. The summed E-state index contributed by atoms with van der Waals surface area (Å²) >= 11 is 1.53. The fraction of sp³-hybridized carbons (Fsp3) is 0.423. The summed E-state index contributed by atoms with van der Waals surface area (Å²) in [6, 6.07) is 3.46. The Balaban J connectivity index is 1.42. The number of anilines is 2. The third kappa shape index (κ3) is 6.46. The number of pyridine rings is 1. The van der Waals surface area contributed by atoms with Crippen molar-refractivity contribution in [1.82, 2.24) is 35.6 Å². The van der Waals surface area contributed by atoms with Gasteiger partial charge in [-0.2, -0.15) is 0 Å². The number of hydrogen-bond acceptors (Lipinski definition) is 12. The number of aromatic nitrogens is 5. The molecule has 0 bridgehead atoms. The van der Waals surface area contributed by atoms with Gasteiger partial charge in [0.15, 0.2) is 5.82 Å². The van der Waals surface area contributed by atoms with Crippen molar-refractivity contribution >= 4 is 35.4 Å². The van der Waals surface area contributed by atoms with Crippen LogP contribution in [-0.4, -0.2) is 74.0 Å². The summed E-state index contributed by atoms with van der Waals surface area (Å²) in [5.41, 5.74) is -0.667. The minimum atomic E-state index is -0.774. The summed E-state index contributed by atoms with van der Waals surface area (Å²) in [5.74, 6) is 0.363. The monoisotopic (exact) mass is 583 g/mol. The second-order valence-corrected chi connectivity index (χ2v) is 11.7. The zero-order valence-corrected chi connectivity index (χ0v) is 23.7. The first-order chi connectivity index (χ1) is 19.5. The van der Waals surface area contributed by atoms with Crippen LogP contribution in [0.1, 0.15) is 37.0 Å². The van der Waals surface area contributed by atoms with Gasteiger partial charge in [-0.05, 0) is 32.9 Å². The van der Waals surface area contributed by atoms with Crippen LogP contribution in [-0.2, 0) is 10.3 Å². The number of amides is 2. The lowest BCUT2D eigenvalue weighted by Crippen LogP contribution is -2.61. The molecule has 0 aliphatic carbocycles. The largest absolute Gasteiger partial charge is 0.480 e. The van der Waals surface area contributed by atoms with E-state index in [1.54, 1.807) is 39.1 Å². The van der Waals surface area contributed by atoms with E-state index in [4.69, 9.17) is 9.47 Å². The summed E-state index contributed by atoms with van der Waals surface area (Å²) in [5, 5.41) is 9.30. The van der Waals surface area contributed by atoms with Gasteiger partial charge in [0, 0.05) is 36.6 Å². The number of fused-ring (bicyclic) bond motifs is 1. The van der Waals surface area contributed by atoms with Crippen molar-refractivity contribution in [2.75, 3.05) is 36.2 Å². The van der Waals surface area contributed by atoms with Gasteiger partial charge in [0.1, 0.15) is 16.8 Å². The van der Waals surface area contributed by atoms with Crippen LogP contribution >= 0.6 is 11.8 Å². The van der Waals surface area contributed by atoms with Gasteiger partial charge < -0.3 is 19.7 Å². The van der Waals surface area contributed by atoms with E-state index >= 15 is 0 Å². The van der Waals surface area contributed by atoms with Crippen molar-refractivity contribution in [1.29, 1.82) is 0 Å². The lowest BCUT2D eigenvalue weighted by molar-refractivity contribution is 0.0502. The van der Waals surface area contributed by atoms with E-state index in [-0.39, 0.29) is 11.6 Å². The number of hydrogen-bond donors (Lipinski definition) is 3. The molecule has 3 aromatic heterocycles. The van der Waals surface area contributed by atoms with E-state index in [9.17, 15) is 14.0 Å². The molecule has 3 N–H and O–H groups in total. The first kappa shape index (κ1) is 28.4. The highest BCUT2D eigenvalue weighted by Gasteiger charge is 2.53. The molecule has 5 rings (SSSR count). The molecular weight excluding hydrogens is 553 g/mol. The van der Waals surface area contributed by atoms with Crippen molar-refractivity contribution < 1.29 is 23.5 Å². The van der Waals surface area contributed by atoms with Crippen LogP contribution in [0.2, 0.25) is 0 Å². The average Bonchev–Trinajstić information content (AvgIpc) is 3.33.